The Labute approximate surface area is 143 Å². The zero-order valence-corrected chi connectivity index (χ0v) is 14.7. The lowest BCUT2D eigenvalue weighted by atomic mass is 10.2. The van der Waals surface area contributed by atoms with Crippen molar-refractivity contribution in [1.29, 1.82) is 0 Å². The van der Waals surface area contributed by atoms with E-state index < -0.39 is 10.0 Å². The summed E-state index contributed by atoms with van der Waals surface area (Å²) in [6.45, 7) is 2.25. The largest absolute Gasteiger partial charge is 0.326 e. The molecular formula is C18H22N2O3S. The summed E-state index contributed by atoms with van der Waals surface area (Å²) in [7, 11) is -1.95. The van der Waals surface area contributed by atoms with Gasteiger partial charge in [-0.15, -0.1) is 0 Å². The molecular weight excluding hydrogens is 324 g/mol. The van der Waals surface area contributed by atoms with Crippen LogP contribution in [0.1, 0.15) is 17.5 Å². The van der Waals surface area contributed by atoms with Crippen LogP contribution in [0.5, 0.6) is 0 Å². The highest BCUT2D eigenvalue weighted by Gasteiger charge is 2.19. The van der Waals surface area contributed by atoms with Crippen LogP contribution in [-0.2, 0) is 21.4 Å². The topological polar surface area (TPSA) is 66.5 Å². The zero-order valence-electron chi connectivity index (χ0n) is 13.9. The fraction of sp³-hybridized carbons (Fsp3) is 0.278. The van der Waals surface area contributed by atoms with Gasteiger partial charge in [-0.3, -0.25) is 4.79 Å². The molecule has 0 aliphatic heterocycles. The Morgan fingerprint density at radius 2 is 1.67 bits per heavy atom. The van der Waals surface area contributed by atoms with Gasteiger partial charge in [0, 0.05) is 25.7 Å². The molecule has 128 valence electrons. The van der Waals surface area contributed by atoms with Crippen molar-refractivity contribution in [3.63, 3.8) is 0 Å². The van der Waals surface area contributed by atoms with Crippen LogP contribution in [0.4, 0.5) is 5.69 Å². The average molecular weight is 346 g/mol. The number of amides is 1. The minimum absolute atomic E-state index is 0.0741. The van der Waals surface area contributed by atoms with Gasteiger partial charge < -0.3 is 5.32 Å². The highest BCUT2D eigenvalue weighted by molar-refractivity contribution is 7.89. The van der Waals surface area contributed by atoms with E-state index in [2.05, 4.69) is 5.32 Å². The number of sulfonamides is 1. The molecule has 5 nitrogen and oxygen atoms in total. The van der Waals surface area contributed by atoms with E-state index in [1.807, 2.05) is 49.4 Å². The number of carbonyl (C=O) groups excluding carboxylic acids is 1. The minimum Gasteiger partial charge on any atom is -0.326 e. The van der Waals surface area contributed by atoms with Gasteiger partial charge in [0.1, 0.15) is 0 Å². The van der Waals surface area contributed by atoms with Gasteiger partial charge in [-0.25, -0.2) is 12.7 Å². The number of anilines is 1. The monoisotopic (exact) mass is 346 g/mol. The molecule has 6 heteroatoms. The summed E-state index contributed by atoms with van der Waals surface area (Å²) in [5.41, 5.74) is 2.67. The van der Waals surface area contributed by atoms with Gasteiger partial charge in [-0.1, -0.05) is 48.0 Å². The molecule has 0 radical (unpaired) electrons. The quantitative estimate of drug-likeness (QED) is 0.838. The molecule has 1 amide bonds. The van der Waals surface area contributed by atoms with E-state index in [-0.39, 0.29) is 18.1 Å². The molecule has 0 aliphatic rings. The lowest BCUT2D eigenvalue weighted by Crippen LogP contribution is -2.30. The molecule has 0 heterocycles. The lowest BCUT2D eigenvalue weighted by Gasteiger charge is -2.17. The Hall–Kier alpha value is -2.18. The third kappa shape index (κ3) is 5.47. The molecule has 0 saturated carbocycles. The summed E-state index contributed by atoms with van der Waals surface area (Å²) >= 11 is 0. The van der Waals surface area contributed by atoms with Crippen LogP contribution in [0, 0.1) is 6.92 Å². The van der Waals surface area contributed by atoms with E-state index in [4.69, 9.17) is 0 Å². The molecule has 0 unspecified atom stereocenters. The fourth-order valence-electron chi connectivity index (χ4n) is 2.18. The molecule has 0 atom stereocenters. The molecule has 0 aliphatic carbocycles. The first-order valence-electron chi connectivity index (χ1n) is 7.71. The van der Waals surface area contributed by atoms with Crippen LogP contribution in [0.2, 0.25) is 0 Å². The van der Waals surface area contributed by atoms with Crippen LogP contribution in [-0.4, -0.2) is 31.4 Å². The summed E-state index contributed by atoms with van der Waals surface area (Å²) in [5.74, 6) is -0.524. The van der Waals surface area contributed by atoms with Gasteiger partial charge in [0.25, 0.3) is 0 Å². The van der Waals surface area contributed by atoms with Crippen molar-refractivity contribution in [2.24, 2.45) is 0 Å². The van der Waals surface area contributed by atoms with Crippen molar-refractivity contribution >= 4 is 21.6 Å². The Kier molecular flexibility index (Phi) is 6.11. The lowest BCUT2D eigenvalue weighted by molar-refractivity contribution is -0.115. The van der Waals surface area contributed by atoms with Crippen molar-refractivity contribution in [3.8, 4) is 0 Å². The molecule has 1 N–H and O–H groups in total. The number of benzene rings is 2. The first-order valence-corrected chi connectivity index (χ1v) is 9.32. The third-order valence-electron chi connectivity index (χ3n) is 3.65. The van der Waals surface area contributed by atoms with E-state index in [9.17, 15) is 13.2 Å². The minimum atomic E-state index is -3.48. The predicted molar refractivity (Wildman–Crippen MR) is 96.1 cm³/mol. The second-order valence-electron chi connectivity index (χ2n) is 5.72. The van der Waals surface area contributed by atoms with Crippen molar-refractivity contribution in [1.82, 2.24) is 4.31 Å². The van der Waals surface area contributed by atoms with Gasteiger partial charge in [0.15, 0.2) is 0 Å². The molecule has 2 aromatic carbocycles. The Morgan fingerprint density at radius 3 is 2.29 bits per heavy atom. The molecule has 0 saturated heterocycles. The van der Waals surface area contributed by atoms with Gasteiger partial charge in [0.2, 0.25) is 15.9 Å². The SMILES string of the molecule is Cc1ccc(NC(=O)CCS(=O)(=O)N(C)Cc2ccccc2)cc1. The van der Waals surface area contributed by atoms with Crippen molar-refractivity contribution in [3.05, 3.63) is 65.7 Å². The summed E-state index contributed by atoms with van der Waals surface area (Å²) in [6, 6.07) is 16.7. The fourth-order valence-corrected chi connectivity index (χ4v) is 3.28. The molecule has 2 rings (SSSR count). The van der Waals surface area contributed by atoms with E-state index >= 15 is 0 Å². The predicted octanol–water partition coefficient (Wildman–Crippen LogP) is 2.79. The van der Waals surface area contributed by atoms with Crippen molar-refractivity contribution < 1.29 is 13.2 Å². The van der Waals surface area contributed by atoms with Crippen LogP contribution in [0.3, 0.4) is 0 Å². The van der Waals surface area contributed by atoms with Gasteiger partial charge in [-0.05, 0) is 24.6 Å². The third-order valence-corrected chi connectivity index (χ3v) is 5.44. The highest BCUT2D eigenvalue weighted by atomic mass is 32.2. The first-order chi connectivity index (χ1) is 11.4. The Morgan fingerprint density at radius 1 is 1.04 bits per heavy atom. The Balaban J connectivity index is 1.87. The van der Waals surface area contributed by atoms with Crippen LogP contribution < -0.4 is 5.32 Å². The standard InChI is InChI=1S/C18H22N2O3S/c1-15-8-10-17(11-9-15)19-18(21)12-13-24(22,23)20(2)14-16-6-4-3-5-7-16/h3-11H,12-14H2,1-2H3,(H,19,21). The first kappa shape index (κ1) is 18.2. The van der Waals surface area contributed by atoms with Crippen molar-refractivity contribution in [2.75, 3.05) is 18.1 Å². The van der Waals surface area contributed by atoms with Crippen LogP contribution >= 0.6 is 0 Å². The molecule has 24 heavy (non-hydrogen) atoms. The van der Waals surface area contributed by atoms with Gasteiger partial charge in [0.05, 0.1) is 5.75 Å². The second kappa shape index (κ2) is 8.08. The van der Waals surface area contributed by atoms with Crippen LogP contribution in [0.25, 0.3) is 0 Å². The number of carbonyl (C=O) groups is 1. The number of nitrogens with zero attached hydrogens (tertiary/aromatic N) is 1. The molecule has 0 aromatic heterocycles. The van der Waals surface area contributed by atoms with Crippen LogP contribution in [0.15, 0.2) is 54.6 Å². The number of aryl methyl sites for hydroxylation is 1. The maximum atomic E-state index is 12.3. The maximum absolute atomic E-state index is 12.3. The van der Waals surface area contributed by atoms with Gasteiger partial charge >= 0.3 is 0 Å². The average Bonchev–Trinajstić information content (AvgIpc) is 2.56. The smallest absolute Gasteiger partial charge is 0.225 e. The van der Waals surface area contributed by atoms with Gasteiger partial charge in [-0.2, -0.15) is 0 Å². The van der Waals surface area contributed by atoms with Crippen molar-refractivity contribution in [2.45, 2.75) is 19.9 Å². The molecule has 0 bridgehead atoms. The summed E-state index contributed by atoms with van der Waals surface area (Å²) in [6.07, 6.45) is -0.0741. The number of rotatable bonds is 7. The Bertz CT molecular complexity index is 772. The van der Waals surface area contributed by atoms with E-state index in [0.717, 1.165) is 11.1 Å². The highest BCUT2D eigenvalue weighted by Crippen LogP contribution is 2.11. The normalized spacial score (nSPS) is 11.5. The summed E-state index contributed by atoms with van der Waals surface area (Å²) in [4.78, 5) is 11.9. The number of hydrogen-bond acceptors (Lipinski definition) is 3. The zero-order chi connectivity index (χ0) is 17.6. The van der Waals surface area contributed by atoms with E-state index in [1.165, 1.54) is 11.4 Å². The summed E-state index contributed by atoms with van der Waals surface area (Å²) < 4.78 is 25.8. The molecule has 0 spiro atoms. The number of hydrogen-bond donors (Lipinski definition) is 1. The van der Waals surface area contributed by atoms with E-state index in [0.29, 0.717) is 12.2 Å². The maximum Gasteiger partial charge on any atom is 0.225 e. The number of nitrogens with one attached hydrogen (secondary N) is 1. The second-order valence-corrected chi connectivity index (χ2v) is 7.92. The van der Waals surface area contributed by atoms with E-state index in [1.54, 1.807) is 12.1 Å². The molecule has 2 aromatic rings. The molecule has 0 fully saturated rings. The summed E-state index contributed by atoms with van der Waals surface area (Å²) in [5, 5.41) is 2.71.